The summed E-state index contributed by atoms with van der Waals surface area (Å²) in [6.45, 7) is -0.150. The van der Waals surface area contributed by atoms with Crippen molar-refractivity contribution in [1.82, 2.24) is 10.0 Å². The van der Waals surface area contributed by atoms with E-state index in [4.69, 9.17) is 4.74 Å². The van der Waals surface area contributed by atoms with Gasteiger partial charge in [0.1, 0.15) is 5.75 Å². The number of alkyl halides is 2. The van der Waals surface area contributed by atoms with E-state index in [2.05, 4.69) is 10.0 Å². The smallest absolute Gasteiger partial charge is 0.341 e. The Balaban J connectivity index is 1.89. The van der Waals surface area contributed by atoms with Crippen LogP contribution >= 0.6 is 0 Å². The van der Waals surface area contributed by atoms with E-state index in [9.17, 15) is 30.4 Å². The van der Waals surface area contributed by atoms with Crippen molar-refractivity contribution in [1.29, 1.82) is 0 Å². The molecular formula is C17H18F2N2O6S2. The van der Waals surface area contributed by atoms with Crippen LogP contribution in [0.3, 0.4) is 0 Å². The van der Waals surface area contributed by atoms with Crippen LogP contribution < -0.4 is 14.8 Å². The topological polar surface area (TPSA) is 119 Å². The van der Waals surface area contributed by atoms with E-state index in [-0.39, 0.29) is 23.5 Å². The molecule has 1 amide bonds. The second kappa shape index (κ2) is 9.29. The summed E-state index contributed by atoms with van der Waals surface area (Å²) in [6, 6.07) is 9.72. The van der Waals surface area contributed by atoms with Crippen molar-refractivity contribution < 1.29 is 35.1 Å². The average Bonchev–Trinajstić information content (AvgIpc) is 2.71. The van der Waals surface area contributed by atoms with Crippen LogP contribution in [0.15, 0.2) is 58.3 Å². The van der Waals surface area contributed by atoms with Gasteiger partial charge in [0.25, 0.3) is 5.91 Å². The third kappa shape index (κ3) is 5.71. The van der Waals surface area contributed by atoms with Gasteiger partial charge in [0.05, 0.1) is 16.9 Å². The molecule has 12 heteroatoms. The van der Waals surface area contributed by atoms with Gasteiger partial charge in [-0.15, -0.1) is 0 Å². The van der Waals surface area contributed by atoms with Crippen molar-refractivity contribution in [2.45, 2.75) is 15.5 Å². The average molecular weight is 448 g/mol. The summed E-state index contributed by atoms with van der Waals surface area (Å²) in [5.41, 5.74) is 0.0382. The molecule has 8 nitrogen and oxygen atoms in total. The van der Waals surface area contributed by atoms with Gasteiger partial charge in [-0.3, -0.25) is 4.79 Å². The van der Waals surface area contributed by atoms with Gasteiger partial charge in [0.2, 0.25) is 19.9 Å². The fourth-order valence-electron chi connectivity index (χ4n) is 2.20. The summed E-state index contributed by atoms with van der Waals surface area (Å²) in [4.78, 5) is 11.4. The lowest BCUT2D eigenvalue weighted by Crippen LogP contribution is -2.34. The molecular weight excluding hydrogens is 430 g/mol. The minimum Gasteiger partial charge on any atom is -0.497 e. The maximum absolute atomic E-state index is 12.5. The molecule has 2 aromatic carbocycles. The number of rotatable bonds is 9. The first-order valence-corrected chi connectivity index (χ1v) is 11.1. The van der Waals surface area contributed by atoms with Crippen LogP contribution in [0.5, 0.6) is 5.75 Å². The molecule has 0 bridgehead atoms. The normalized spacial score (nSPS) is 12.0. The zero-order valence-electron chi connectivity index (χ0n) is 15.1. The predicted molar refractivity (Wildman–Crippen MR) is 100 cm³/mol. The van der Waals surface area contributed by atoms with Gasteiger partial charge < -0.3 is 10.1 Å². The Hall–Kier alpha value is -2.57. The molecule has 0 aliphatic rings. The Morgan fingerprint density at radius 2 is 1.48 bits per heavy atom. The maximum atomic E-state index is 12.5. The molecule has 0 unspecified atom stereocenters. The van der Waals surface area contributed by atoms with Crippen molar-refractivity contribution in [3.05, 3.63) is 54.1 Å². The van der Waals surface area contributed by atoms with Crippen LogP contribution in [-0.4, -0.2) is 48.7 Å². The number of hydrogen-bond donors (Lipinski definition) is 2. The highest BCUT2D eigenvalue weighted by molar-refractivity contribution is 7.91. The fourth-order valence-corrected chi connectivity index (χ4v) is 3.95. The summed E-state index contributed by atoms with van der Waals surface area (Å²) in [7, 11) is -7.06. The molecule has 0 radical (unpaired) electrons. The van der Waals surface area contributed by atoms with Crippen LogP contribution in [0.2, 0.25) is 0 Å². The zero-order chi connectivity index (χ0) is 21.7. The van der Waals surface area contributed by atoms with Gasteiger partial charge in [-0.1, -0.05) is 0 Å². The Morgan fingerprint density at radius 3 is 2.00 bits per heavy atom. The van der Waals surface area contributed by atoms with Crippen molar-refractivity contribution in [3.8, 4) is 5.75 Å². The number of sulfonamides is 1. The highest BCUT2D eigenvalue weighted by atomic mass is 32.2. The standard InChI is InChI=1S/C17H18F2N2O6S2/c1-27-13-4-8-15(9-5-13)29(25,26)21-11-10-20-16(22)12-2-6-14(7-3-12)28(23,24)17(18)19/h2-9,17,21H,10-11H2,1H3,(H,20,22). The molecule has 0 heterocycles. The Labute approximate surface area is 166 Å². The van der Waals surface area contributed by atoms with Gasteiger partial charge in [-0.25, -0.2) is 21.6 Å². The monoisotopic (exact) mass is 448 g/mol. The number of sulfone groups is 1. The molecule has 0 aliphatic heterocycles. The first kappa shape index (κ1) is 22.7. The largest absolute Gasteiger partial charge is 0.497 e. The predicted octanol–water partition coefficient (Wildman–Crippen LogP) is 1.40. The molecule has 158 valence electrons. The second-order valence-electron chi connectivity index (χ2n) is 5.66. The molecule has 0 spiro atoms. The van der Waals surface area contributed by atoms with Crippen LogP contribution in [-0.2, 0) is 19.9 Å². The van der Waals surface area contributed by atoms with Crippen LogP contribution in [0.25, 0.3) is 0 Å². The van der Waals surface area contributed by atoms with Crippen molar-refractivity contribution in [2.24, 2.45) is 0 Å². The number of benzene rings is 2. The number of ether oxygens (including phenoxy) is 1. The summed E-state index contributed by atoms with van der Waals surface area (Å²) < 4.78 is 79.2. The second-order valence-corrected chi connectivity index (χ2v) is 9.34. The minimum absolute atomic E-state index is 0.0282. The molecule has 0 saturated heterocycles. The van der Waals surface area contributed by atoms with E-state index in [0.29, 0.717) is 5.75 Å². The maximum Gasteiger partial charge on any atom is 0.341 e. The fraction of sp³-hybridized carbons (Fsp3) is 0.235. The van der Waals surface area contributed by atoms with Crippen molar-refractivity contribution in [3.63, 3.8) is 0 Å². The Bertz CT molecular complexity index is 1050. The van der Waals surface area contributed by atoms with Crippen LogP contribution in [0.4, 0.5) is 8.78 Å². The highest BCUT2D eigenvalue weighted by Crippen LogP contribution is 2.18. The van der Waals surface area contributed by atoms with Gasteiger partial charge in [0.15, 0.2) is 0 Å². The molecule has 0 aromatic heterocycles. The van der Waals surface area contributed by atoms with E-state index in [1.54, 1.807) is 0 Å². The van der Waals surface area contributed by atoms with E-state index < -0.39 is 36.4 Å². The van der Waals surface area contributed by atoms with E-state index in [1.807, 2.05) is 0 Å². The molecule has 29 heavy (non-hydrogen) atoms. The number of hydrogen-bond acceptors (Lipinski definition) is 6. The minimum atomic E-state index is -4.74. The summed E-state index contributed by atoms with van der Waals surface area (Å²) in [5, 5.41) is 2.44. The molecule has 2 N–H and O–H groups in total. The lowest BCUT2D eigenvalue weighted by molar-refractivity contribution is 0.0954. The number of carbonyl (C=O) groups is 1. The molecule has 0 atom stereocenters. The van der Waals surface area contributed by atoms with Crippen molar-refractivity contribution >= 4 is 25.8 Å². The van der Waals surface area contributed by atoms with Gasteiger partial charge >= 0.3 is 5.76 Å². The number of nitrogens with one attached hydrogen (secondary N) is 2. The van der Waals surface area contributed by atoms with Crippen molar-refractivity contribution in [2.75, 3.05) is 20.2 Å². The molecule has 0 saturated carbocycles. The molecule has 2 aromatic rings. The number of carbonyl (C=O) groups excluding carboxylic acids is 1. The third-order valence-electron chi connectivity index (χ3n) is 3.75. The van der Waals surface area contributed by atoms with Gasteiger partial charge in [-0.05, 0) is 48.5 Å². The summed E-state index contributed by atoms with van der Waals surface area (Å²) >= 11 is 0. The zero-order valence-corrected chi connectivity index (χ0v) is 16.8. The van der Waals surface area contributed by atoms with Gasteiger partial charge in [-0.2, -0.15) is 8.78 Å². The quantitative estimate of drug-likeness (QED) is 0.560. The Morgan fingerprint density at radius 1 is 0.931 bits per heavy atom. The molecule has 0 aliphatic carbocycles. The first-order chi connectivity index (χ1) is 13.6. The van der Waals surface area contributed by atoms with E-state index >= 15 is 0 Å². The molecule has 0 fully saturated rings. The third-order valence-corrected chi connectivity index (χ3v) is 6.63. The SMILES string of the molecule is COc1ccc(S(=O)(=O)NCCNC(=O)c2ccc(S(=O)(=O)C(F)F)cc2)cc1. The van der Waals surface area contributed by atoms with E-state index in [0.717, 1.165) is 24.3 Å². The Kier molecular flexibility index (Phi) is 7.27. The number of methoxy groups -OCH3 is 1. The highest BCUT2D eigenvalue weighted by Gasteiger charge is 2.26. The van der Waals surface area contributed by atoms with Gasteiger partial charge in [0, 0.05) is 18.7 Å². The lowest BCUT2D eigenvalue weighted by atomic mass is 10.2. The van der Waals surface area contributed by atoms with E-state index in [1.165, 1.54) is 31.4 Å². The van der Waals surface area contributed by atoms with Crippen LogP contribution in [0.1, 0.15) is 10.4 Å². The number of amides is 1. The number of halogens is 2. The first-order valence-electron chi connectivity index (χ1n) is 8.12. The van der Waals surface area contributed by atoms with Crippen LogP contribution in [0, 0.1) is 0 Å². The summed E-state index contributed by atoms with van der Waals surface area (Å²) in [6.07, 6.45) is 0. The lowest BCUT2D eigenvalue weighted by Gasteiger charge is -2.09. The molecule has 2 rings (SSSR count). The summed E-state index contributed by atoms with van der Waals surface area (Å²) in [5.74, 6) is -3.67.